The van der Waals surface area contributed by atoms with E-state index in [4.69, 9.17) is 40.9 Å². The number of carbonyl (C=O) groups is 4. The molecule has 0 saturated heterocycles. The zero-order valence-corrected chi connectivity index (χ0v) is 23.3. The summed E-state index contributed by atoms with van der Waals surface area (Å²) in [6.45, 7) is 5.02. The molecule has 17 nitrogen and oxygen atoms in total. The van der Waals surface area contributed by atoms with E-state index < -0.39 is 71.3 Å². The lowest BCUT2D eigenvalue weighted by molar-refractivity contribution is -0.141. The van der Waals surface area contributed by atoms with E-state index in [9.17, 15) is 28.3 Å². The summed E-state index contributed by atoms with van der Waals surface area (Å²) in [6, 6.07) is -4.09. The van der Waals surface area contributed by atoms with E-state index in [0.29, 0.717) is 0 Å². The average molecular weight is 586 g/mol. The maximum Gasteiger partial charge on any atom is 0.491 e. The predicted molar refractivity (Wildman–Crippen MR) is 133 cm³/mol. The molecule has 0 rings (SSSR count). The first kappa shape index (κ1) is 41.3. The van der Waals surface area contributed by atoms with E-state index in [-0.39, 0.29) is 31.3 Å². The number of amides is 2. The third-order valence-electron chi connectivity index (χ3n) is 3.85. The summed E-state index contributed by atoms with van der Waals surface area (Å²) in [4.78, 5) is 68.9. The molecular formula is C16H39N5O12P3+. The topological polar surface area (TPSA) is 332 Å². The fourth-order valence-electron chi connectivity index (χ4n) is 1.80. The first-order chi connectivity index (χ1) is 15.7. The molecule has 36 heavy (non-hydrogen) atoms. The van der Waals surface area contributed by atoms with Gasteiger partial charge in [0.2, 0.25) is 11.8 Å². The highest BCUT2D eigenvalue weighted by molar-refractivity contribution is 7.57. The van der Waals surface area contributed by atoms with E-state index >= 15 is 0 Å². The highest BCUT2D eigenvalue weighted by atomic mass is 31.2. The maximum absolute atomic E-state index is 11.7. The zero-order chi connectivity index (χ0) is 28.6. The highest BCUT2D eigenvalue weighted by Gasteiger charge is 2.24. The number of hydrogen-bond donors (Lipinski definition) is 10. The molecule has 2 amide bonds. The molecule has 0 spiro atoms. The fourth-order valence-corrected chi connectivity index (χ4v) is 3.31. The van der Waals surface area contributed by atoms with Gasteiger partial charge in [0, 0.05) is 25.7 Å². The van der Waals surface area contributed by atoms with Crippen molar-refractivity contribution in [1.82, 2.24) is 16.8 Å². The van der Waals surface area contributed by atoms with Gasteiger partial charge in [-0.2, -0.15) is 4.89 Å². The van der Waals surface area contributed by atoms with E-state index in [1.165, 1.54) is 27.2 Å². The van der Waals surface area contributed by atoms with Crippen LogP contribution in [-0.4, -0.2) is 98.5 Å². The molecule has 0 saturated carbocycles. The van der Waals surface area contributed by atoms with Crippen molar-refractivity contribution >= 4 is 47.2 Å². The van der Waals surface area contributed by atoms with Crippen molar-refractivity contribution in [3.63, 3.8) is 0 Å². The summed E-state index contributed by atoms with van der Waals surface area (Å²) in [5, 5.41) is 21.5. The van der Waals surface area contributed by atoms with Gasteiger partial charge >= 0.3 is 20.6 Å². The Bertz CT molecular complexity index is 804. The van der Waals surface area contributed by atoms with Crippen molar-refractivity contribution in [3.05, 3.63) is 0 Å². The second-order valence-electron chi connectivity index (χ2n) is 7.57. The Balaban J connectivity index is -0.000000287. The number of hydrogen-bond acceptors (Lipinski definition) is 10. The molecule has 0 radical (unpaired) electrons. The minimum atomic E-state index is -3.25. The standard InChI is InChI=1S/C11H22N3O6P.C5H12NO4P.H3N.HO2P/c1-6(9(15)14-7(2)11(17)18)13-10(16)8(12)4-5-21(3,19)20;1-11(9,10)3-2-4(6)5(7)8;;1-3-2/h6-8H,4-5,12H2,1-3H3,(H,13,16)(H,14,15)(H,17,18)(H,19,20);4H,2-3,6H2,1H3,(H,7,8)(H,9,10);1H3;3H/p+1/t6-,7-,8-;;;/m0.../s1. The van der Waals surface area contributed by atoms with Gasteiger partial charge < -0.3 is 48.3 Å². The van der Waals surface area contributed by atoms with Crippen molar-refractivity contribution in [1.29, 1.82) is 0 Å². The van der Waals surface area contributed by atoms with Crippen molar-refractivity contribution in [2.45, 2.75) is 50.9 Å². The number of carbonyl (C=O) groups excluding carboxylic acids is 2. The van der Waals surface area contributed by atoms with Gasteiger partial charge in [-0.3, -0.25) is 28.3 Å². The largest absolute Gasteiger partial charge is 0.491 e. The number of rotatable bonds is 12. The van der Waals surface area contributed by atoms with Crippen molar-refractivity contribution in [2.24, 2.45) is 11.5 Å². The normalized spacial score (nSPS) is 16.8. The monoisotopic (exact) mass is 586 g/mol. The Morgan fingerprint density at radius 3 is 1.44 bits per heavy atom. The molecule has 0 fully saturated rings. The molecule has 4 unspecified atom stereocenters. The molecule has 0 aromatic rings. The molecule has 0 aliphatic rings. The van der Waals surface area contributed by atoms with E-state index in [1.807, 2.05) is 0 Å². The second kappa shape index (κ2) is 20.3. The third-order valence-corrected chi connectivity index (χ3v) is 6.02. The molecule has 0 aliphatic heterocycles. The summed E-state index contributed by atoms with van der Waals surface area (Å²) >= 11 is 0. The summed E-state index contributed by atoms with van der Waals surface area (Å²) in [6.07, 6.45) is -0.0890. The molecule has 0 bridgehead atoms. The average Bonchev–Trinajstić information content (AvgIpc) is 2.69. The lowest BCUT2D eigenvalue weighted by atomic mass is 10.2. The minimum Gasteiger partial charge on any atom is -0.480 e. The molecule has 0 heterocycles. The van der Waals surface area contributed by atoms with Gasteiger partial charge in [0.25, 0.3) is 0 Å². The van der Waals surface area contributed by atoms with Crippen LogP contribution in [0.2, 0.25) is 0 Å². The van der Waals surface area contributed by atoms with Crippen LogP contribution in [0.25, 0.3) is 0 Å². The number of aliphatic carboxylic acids is 2. The van der Waals surface area contributed by atoms with Crippen molar-refractivity contribution < 1.29 is 57.8 Å². The van der Waals surface area contributed by atoms with Crippen LogP contribution in [-0.2, 0) is 32.9 Å². The van der Waals surface area contributed by atoms with Crippen LogP contribution in [0, 0.1) is 0 Å². The fraction of sp³-hybridized carbons (Fsp3) is 0.750. The summed E-state index contributed by atoms with van der Waals surface area (Å²) < 4.78 is 30.3. The lowest BCUT2D eigenvalue weighted by Crippen LogP contribution is -2.52. The van der Waals surface area contributed by atoms with Crippen molar-refractivity contribution in [3.8, 4) is 0 Å². The smallest absolute Gasteiger partial charge is 0.480 e. The Morgan fingerprint density at radius 1 is 0.806 bits per heavy atom. The SMILES string of the molecule is CP(=O)(O)CCC(N)C(=O)O.C[C@H](NC(=O)[C@H](C)NC(=O)[C@@H](N)CCP(C)(=O)O)C(=O)O.N.O=[PH+]O. The van der Waals surface area contributed by atoms with Crippen LogP contribution >= 0.6 is 23.4 Å². The number of carboxylic acids is 2. The minimum absolute atomic E-state index is 0. The van der Waals surface area contributed by atoms with E-state index in [2.05, 4.69) is 10.6 Å². The third kappa shape index (κ3) is 26.8. The Labute approximate surface area is 210 Å². The van der Waals surface area contributed by atoms with Gasteiger partial charge in [0.1, 0.15) is 18.1 Å². The summed E-state index contributed by atoms with van der Waals surface area (Å²) in [7, 11) is -7.52. The molecule has 0 aliphatic carbocycles. The Kier molecular flexibility index (Phi) is 23.3. The molecule has 0 aromatic carbocycles. The first-order valence-corrected chi connectivity index (χ1v) is 15.3. The van der Waals surface area contributed by atoms with E-state index in [0.717, 1.165) is 0 Å². The van der Waals surface area contributed by atoms with Crippen LogP contribution in [0.4, 0.5) is 0 Å². The molecule has 20 heteroatoms. The molecule has 0 aromatic heterocycles. The van der Waals surface area contributed by atoms with Crippen LogP contribution in [0.3, 0.4) is 0 Å². The Hall–Kier alpha value is -1.80. The summed E-state index contributed by atoms with van der Waals surface area (Å²) in [5.74, 6) is -3.64. The molecule has 214 valence electrons. The van der Waals surface area contributed by atoms with Crippen molar-refractivity contribution in [2.75, 3.05) is 25.7 Å². The van der Waals surface area contributed by atoms with Crippen LogP contribution in [0.1, 0.15) is 26.7 Å². The van der Waals surface area contributed by atoms with Gasteiger partial charge in [0.15, 0.2) is 14.7 Å². The number of carboxylic acid groups (broad SMARTS) is 2. The van der Waals surface area contributed by atoms with Crippen LogP contribution < -0.4 is 28.3 Å². The molecular weight excluding hydrogens is 547 g/mol. The van der Waals surface area contributed by atoms with E-state index in [1.54, 1.807) is 0 Å². The van der Waals surface area contributed by atoms with Gasteiger partial charge in [-0.1, -0.05) is 0 Å². The zero-order valence-electron chi connectivity index (χ0n) is 20.5. The number of nitrogens with one attached hydrogen (secondary N) is 2. The van der Waals surface area contributed by atoms with Crippen LogP contribution in [0.5, 0.6) is 0 Å². The number of nitrogens with two attached hydrogens (primary N) is 2. The highest BCUT2D eigenvalue weighted by Crippen LogP contribution is 2.36. The first-order valence-electron chi connectivity index (χ1n) is 9.85. The van der Waals surface area contributed by atoms with Gasteiger partial charge in [-0.25, -0.2) is 0 Å². The Morgan fingerprint density at radius 2 is 1.14 bits per heavy atom. The summed E-state index contributed by atoms with van der Waals surface area (Å²) in [5.41, 5.74) is 10.6. The second-order valence-corrected chi connectivity index (χ2v) is 12.8. The van der Waals surface area contributed by atoms with Gasteiger partial charge in [-0.15, -0.1) is 0 Å². The molecule has 7 atom stereocenters. The predicted octanol–water partition coefficient (Wildman–Crippen LogP) is -1.53. The lowest BCUT2D eigenvalue weighted by Gasteiger charge is -2.19. The van der Waals surface area contributed by atoms with Gasteiger partial charge in [-0.05, 0) is 31.3 Å². The molecule has 14 N–H and O–H groups in total. The van der Waals surface area contributed by atoms with Crippen LogP contribution in [0.15, 0.2) is 0 Å². The quantitative estimate of drug-likeness (QED) is 0.116. The maximum atomic E-state index is 11.7. The van der Waals surface area contributed by atoms with Gasteiger partial charge in [0.05, 0.1) is 6.04 Å².